The van der Waals surface area contributed by atoms with Gasteiger partial charge >= 0.3 is 5.97 Å². The van der Waals surface area contributed by atoms with Gasteiger partial charge in [-0.05, 0) is 6.92 Å². The van der Waals surface area contributed by atoms with Crippen molar-refractivity contribution >= 4 is 17.7 Å². The minimum Gasteiger partial charge on any atom is -0.467 e. The van der Waals surface area contributed by atoms with Crippen molar-refractivity contribution in [3.63, 3.8) is 0 Å². The fourth-order valence-electron chi connectivity index (χ4n) is 0.923. The summed E-state index contributed by atoms with van der Waals surface area (Å²) in [4.78, 5) is 18.1. The molecule has 1 aromatic heterocycles. The van der Waals surface area contributed by atoms with Crippen LogP contribution in [0.25, 0.3) is 0 Å². The summed E-state index contributed by atoms with van der Waals surface area (Å²) in [5, 5.41) is 2.52. The number of ether oxygens (including phenoxy) is 1. The van der Waals surface area contributed by atoms with E-state index >= 15 is 0 Å². The number of methoxy groups -OCH3 is 1. The van der Waals surface area contributed by atoms with Gasteiger partial charge in [0.2, 0.25) is 5.95 Å². The van der Waals surface area contributed by atoms with Gasteiger partial charge in [-0.25, -0.2) is 14.2 Å². The largest absolute Gasteiger partial charge is 0.467 e. The van der Waals surface area contributed by atoms with Gasteiger partial charge in [-0.15, -0.1) is 0 Å². The van der Waals surface area contributed by atoms with E-state index in [-0.39, 0.29) is 11.8 Å². The van der Waals surface area contributed by atoms with Crippen LogP contribution in [-0.4, -0.2) is 29.1 Å². The highest BCUT2D eigenvalue weighted by molar-refractivity contribution is 5.78. The maximum atomic E-state index is 13.1. The van der Waals surface area contributed by atoms with Gasteiger partial charge in [-0.1, -0.05) is 0 Å². The maximum absolute atomic E-state index is 13.1. The fourth-order valence-corrected chi connectivity index (χ4v) is 0.923. The zero-order valence-electron chi connectivity index (χ0n) is 8.32. The molecular weight excluding hydrogens is 203 g/mol. The number of nitrogens with one attached hydrogen (secondary N) is 1. The second kappa shape index (κ2) is 4.54. The summed E-state index contributed by atoms with van der Waals surface area (Å²) < 4.78 is 17.6. The Balaban J connectivity index is 2.80. The number of esters is 1. The first-order valence-electron chi connectivity index (χ1n) is 4.17. The molecule has 1 rings (SSSR count). The highest BCUT2D eigenvalue weighted by Crippen LogP contribution is 2.11. The van der Waals surface area contributed by atoms with Crippen LogP contribution in [0.3, 0.4) is 0 Å². The lowest BCUT2D eigenvalue weighted by Crippen LogP contribution is -2.28. The average molecular weight is 214 g/mol. The molecule has 3 N–H and O–H groups in total. The first-order valence-corrected chi connectivity index (χ1v) is 4.17. The van der Waals surface area contributed by atoms with E-state index in [1.54, 1.807) is 0 Å². The number of rotatable bonds is 3. The molecule has 0 fully saturated rings. The van der Waals surface area contributed by atoms with Gasteiger partial charge in [0.25, 0.3) is 0 Å². The van der Waals surface area contributed by atoms with Crippen molar-refractivity contribution in [2.75, 3.05) is 18.2 Å². The molecule has 6 nitrogen and oxygen atoms in total. The number of halogens is 1. The molecule has 0 radical (unpaired) electrons. The Labute approximate surface area is 85.7 Å². The minimum absolute atomic E-state index is 0.0732. The van der Waals surface area contributed by atoms with Crippen LogP contribution in [0.1, 0.15) is 6.92 Å². The third kappa shape index (κ3) is 2.76. The highest BCUT2D eigenvalue weighted by atomic mass is 19.1. The molecule has 0 aliphatic carbocycles. The standard InChI is InChI=1S/C8H11FN4O2/c1-4(7(14)15-2)12-6-5(9)3-11-8(10)13-6/h3-4H,1-2H3,(H3,10,11,12,13). The van der Waals surface area contributed by atoms with E-state index in [0.717, 1.165) is 6.20 Å². The molecule has 0 aliphatic heterocycles. The lowest BCUT2D eigenvalue weighted by Gasteiger charge is -2.12. The van der Waals surface area contributed by atoms with E-state index in [0.29, 0.717) is 0 Å². The normalized spacial score (nSPS) is 11.9. The van der Waals surface area contributed by atoms with Gasteiger partial charge in [0.15, 0.2) is 11.6 Å². The van der Waals surface area contributed by atoms with E-state index in [1.807, 2.05) is 0 Å². The number of anilines is 2. The SMILES string of the molecule is COC(=O)C(C)Nc1nc(N)ncc1F. The molecular formula is C8H11FN4O2. The molecule has 1 aromatic rings. The van der Waals surface area contributed by atoms with Gasteiger partial charge < -0.3 is 15.8 Å². The first kappa shape index (κ1) is 11.2. The topological polar surface area (TPSA) is 90.1 Å². The Morgan fingerprint density at radius 1 is 1.73 bits per heavy atom. The van der Waals surface area contributed by atoms with Gasteiger partial charge in [0.1, 0.15) is 6.04 Å². The van der Waals surface area contributed by atoms with Crippen LogP contribution in [0.2, 0.25) is 0 Å². The van der Waals surface area contributed by atoms with E-state index in [9.17, 15) is 9.18 Å². The molecule has 0 spiro atoms. The number of hydrogen-bond acceptors (Lipinski definition) is 6. The number of nitrogen functional groups attached to an aromatic ring is 1. The van der Waals surface area contributed by atoms with Gasteiger partial charge in [0.05, 0.1) is 13.3 Å². The van der Waals surface area contributed by atoms with Crippen molar-refractivity contribution in [3.8, 4) is 0 Å². The van der Waals surface area contributed by atoms with Gasteiger partial charge in [-0.3, -0.25) is 0 Å². The number of carbonyl (C=O) groups is 1. The summed E-state index contributed by atoms with van der Waals surface area (Å²) in [5.41, 5.74) is 5.27. The Kier molecular flexibility index (Phi) is 3.37. The van der Waals surface area contributed by atoms with Crippen molar-refractivity contribution in [1.82, 2.24) is 9.97 Å². The van der Waals surface area contributed by atoms with Gasteiger partial charge in [0, 0.05) is 0 Å². The van der Waals surface area contributed by atoms with Crippen LogP contribution >= 0.6 is 0 Å². The molecule has 0 aliphatic rings. The number of aromatic nitrogens is 2. The van der Waals surface area contributed by atoms with Gasteiger partial charge in [-0.2, -0.15) is 4.98 Å². The number of carbonyl (C=O) groups excluding carboxylic acids is 1. The van der Waals surface area contributed by atoms with E-state index in [2.05, 4.69) is 20.0 Å². The highest BCUT2D eigenvalue weighted by Gasteiger charge is 2.15. The number of nitrogens with zero attached hydrogens (tertiary/aromatic N) is 2. The maximum Gasteiger partial charge on any atom is 0.328 e. The van der Waals surface area contributed by atoms with Crippen LogP contribution < -0.4 is 11.1 Å². The molecule has 1 unspecified atom stereocenters. The average Bonchev–Trinajstić information content (AvgIpc) is 2.22. The summed E-state index contributed by atoms with van der Waals surface area (Å²) in [6, 6.07) is -0.709. The number of hydrogen-bond donors (Lipinski definition) is 2. The first-order chi connectivity index (χ1) is 7.04. The minimum atomic E-state index is -0.709. The molecule has 0 saturated heterocycles. The zero-order valence-corrected chi connectivity index (χ0v) is 8.32. The molecule has 1 atom stereocenters. The summed E-state index contributed by atoms with van der Waals surface area (Å²) in [5.74, 6) is -1.40. The zero-order chi connectivity index (χ0) is 11.4. The monoisotopic (exact) mass is 214 g/mol. The summed E-state index contributed by atoms with van der Waals surface area (Å²) >= 11 is 0. The smallest absolute Gasteiger partial charge is 0.328 e. The Morgan fingerprint density at radius 3 is 3.00 bits per heavy atom. The van der Waals surface area contributed by atoms with E-state index < -0.39 is 17.8 Å². The number of nitrogens with two attached hydrogens (primary N) is 1. The van der Waals surface area contributed by atoms with E-state index in [1.165, 1.54) is 14.0 Å². The lowest BCUT2D eigenvalue weighted by atomic mass is 10.3. The molecule has 82 valence electrons. The van der Waals surface area contributed by atoms with Crippen molar-refractivity contribution in [2.24, 2.45) is 0 Å². The molecule has 0 amide bonds. The van der Waals surface area contributed by atoms with Crippen LogP contribution in [-0.2, 0) is 9.53 Å². The predicted molar refractivity (Wildman–Crippen MR) is 51.5 cm³/mol. The second-order valence-electron chi connectivity index (χ2n) is 2.81. The van der Waals surface area contributed by atoms with Crippen LogP contribution in [0.15, 0.2) is 6.20 Å². The predicted octanol–water partition coefficient (Wildman–Crippen LogP) is 0.171. The molecule has 0 saturated carbocycles. The molecule has 15 heavy (non-hydrogen) atoms. The Bertz CT molecular complexity index is 372. The summed E-state index contributed by atoms with van der Waals surface area (Å²) in [7, 11) is 1.24. The molecule has 1 heterocycles. The Morgan fingerprint density at radius 2 is 2.40 bits per heavy atom. The van der Waals surface area contributed by atoms with E-state index in [4.69, 9.17) is 5.73 Å². The lowest BCUT2D eigenvalue weighted by molar-refractivity contribution is -0.141. The van der Waals surface area contributed by atoms with Crippen molar-refractivity contribution in [3.05, 3.63) is 12.0 Å². The van der Waals surface area contributed by atoms with Crippen LogP contribution in [0.5, 0.6) is 0 Å². The third-order valence-corrected chi connectivity index (χ3v) is 1.67. The molecule has 0 aromatic carbocycles. The molecule has 7 heteroatoms. The van der Waals surface area contributed by atoms with Crippen LogP contribution in [0, 0.1) is 5.82 Å². The van der Waals surface area contributed by atoms with Crippen LogP contribution in [0.4, 0.5) is 16.2 Å². The summed E-state index contributed by atoms with van der Waals surface area (Å²) in [6.07, 6.45) is 0.925. The van der Waals surface area contributed by atoms with Crippen molar-refractivity contribution in [2.45, 2.75) is 13.0 Å². The Hall–Kier alpha value is -1.92. The molecule has 0 bridgehead atoms. The quantitative estimate of drug-likeness (QED) is 0.697. The van der Waals surface area contributed by atoms with Crippen molar-refractivity contribution < 1.29 is 13.9 Å². The second-order valence-corrected chi connectivity index (χ2v) is 2.81. The fraction of sp³-hybridized carbons (Fsp3) is 0.375. The van der Waals surface area contributed by atoms with Crippen molar-refractivity contribution in [1.29, 1.82) is 0 Å². The summed E-state index contributed by atoms with van der Waals surface area (Å²) in [6.45, 7) is 1.52. The third-order valence-electron chi connectivity index (χ3n) is 1.67.